The number of H-pyrrole nitrogens is 1. The number of methoxy groups -OCH3 is 1. The summed E-state index contributed by atoms with van der Waals surface area (Å²) in [6, 6.07) is 5.19. The van der Waals surface area contributed by atoms with Crippen LogP contribution in [-0.4, -0.2) is 41.9 Å². The molecule has 1 aliphatic carbocycles. The van der Waals surface area contributed by atoms with Gasteiger partial charge in [0.25, 0.3) is 0 Å². The molecule has 1 fully saturated rings. The van der Waals surface area contributed by atoms with Crippen LogP contribution in [0.4, 0.5) is 5.69 Å². The smallest absolute Gasteiger partial charge is 0.359 e. The maximum Gasteiger partial charge on any atom is 0.359 e. The number of esters is 1. The number of carbonyl (C=O) groups is 2. The summed E-state index contributed by atoms with van der Waals surface area (Å²) in [6.07, 6.45) is 4.58. The Morgan fingerprint density at radius 3 is 2.87 bits per heavy atom. The first-order valence-corrected chi connectivity index (χ1v) is 7.65. The highest BCUT2D eigenvalue weighted by Gasteiger charge is 2.18. The standard InChI is InChI=1S/C16H19N3O4/c1-22-16(21)15-12-8-10(6-7-13(12)18-19-15)17-14(20)9-23-11-4-2-3-5-11/h6-8,11H,2-5,9H2,1H3,(H,17,20)(H,18,19). The Labute approximate surface area is 133 Å². The lowest BCUT2D eigenvalue weighted by Gasteiger charge is -2.11. The van der Waals surface area contributed by atoms with Gasteiger partial charge in [-0.15, -0.1) is 0 Å². The number of benzene rings is 1. The molecule has 23 heavy (non-hydrogen) atoms. The third-order valence-corrected chi connectivity index (χ3v) is 3.98. The van der Waals surface area contributed by atoms with Crippen molar-refractivity contribution in [1.82, 2.24) is 10.2 Å². The largest absolute Gasteiger partial charge is 0.464 e. The highest BCUT2D eigenvalue weighted by atomic mass is 16.5. The summed E-state index contributed by atoms with van der Waals surface area (Å²) in [5.41, 5.74) is 1.48. The zero-order valence-electron chi connectivity index (χ0n) is 12.9. The molecule has 2 N–H and O–H groups in total. The van der Waals surface area contributed by atoms with Gasteiger partial charge >= 0.3 is 5.97 Å². The summed E-state index contributed by atoms with van der Waals surface area (Å²) in [4.78, 5) is 23.6. The van der Waals surface area contributed by atoms with E-state index >= 15 is 0 Å². The number of carbonyl (C=O) groups excluding carboxylic acids is 2. The molecule has 1 aromatic carbocycles. The summed E-state index contributed by atoms with van der Waals surface area (Å²) < 4.78 is 10.3. The van der Waals surface area contributed by atoms with E-state index in [4.69, 9.17) is 9.47 Å². The Morgan fingerprint density at radius 2 is 2.13 bits per heavy atom. The van der Waals surface area contributed by atoms with Crippen LogP contribution >= 0.6 is 0 Å². The number of ether oxygens (including phenoxy) is 2. The fourth-order valence-corrected chi connectivity index (χ4v) is 2.79. The summed E-state index contributed by atoms with van der Waals surface area (Å²) in [6.45, 7) is 0.0396. The SMILES string of the molecule is COC(=O)c1n[nH]c2ccc(NC(=O)COC3CCCC3)cc12. The lowest BCUT2D eigenvalue weighted by Crippen LogP contribution is -2.21. The molecule has 0 unspecified atom stereocenters. The van der Waals surface area contributed by atoms with E-state index < -0.39 is 5.97 Å². The summed E-state index contributed by atoms with van der Waals surface area (Å²) >= 11 is 0. The molecule has 0 bridgehead atoms. The molecular formula is C16H19N3O4. The van der Waals surface area contributed by atoms with Crippen LogP contribution < -0.4 is 5.32 Å². The van der Waals surface area contributed by atoms with Crippen LogP contribution in [0.5, 0.6) is 0 Å². The molecule has 1 saturated carbocycles. The molecule has 122 valence electrons. The topological polar surface area (TPSA) is 93.3 Å². The number of hydrogen-bond acceptors (Lipinski definition) is 5. The highest BCUT2D eigenvalue weighted by Crippen LogP contribution is 2.22. The van der Waals surface area contributed by atoms with Crippen molar-refractivity contribution in [3.63, 3.8) is 0 Å². The van der Waals surface area contributed by atoms with Crippen molar-refractivity contribution in [3.8, 4) is 0 Å². The zero-order chi connectivity index (χ0) is 16.2. The Kier molecular flexibility index (Phi) is 4.57. The second-order valence-electron chi connectivity index (χ2n) is 5.59. The van der Waals surface area contributed by atoms with Gasteiger partial charge in [0.2, 0.25) is 5.91 Å². The number of nitrogens with zero attached hydrogens (tertiary/aromatic N) is 1. The van der Waals surface area contributed by atoms with Crippen molar-refractivity contribution in [2.45, 2.75) is 31.8 Å². The third-order valence-electron chi connectivity index (χ3n) is 3.98. The molecule has 0 atom stereocenters. The van der Waals surface area contributed by atoms with Gasteiger partial charge in [0, 0.05) is 11.1 Å². The monoisotopic (exact) mass is 317 g/mol. The van der Waals surface area contributed by atoms with Gasteiger partial charge in [0.15, 0.2) is 5.69 Å². The second-order valence-corrected chi connectivity index (χ2v) is 5.59. The first-order valence-electron chi connectivity index (χ1n) is 7.65. The summed E-state index contributed by atoms with van der Waals surface area (Å²) in [7, 11) is 1.30. The number of anilines is 1. The van der Waals surface area contributed by atoms with Crippen molar-refractivity contribution >= 4 is 28.5 Å². The quantitative estimate of drug-likeness (QED) is 0.825. The molecule has 1 aliphatic rings. The molecule has 0 spiro atoms. The van der Waals surface area contributed by atoms with Gasteiger partial charge in [0.05, 0.1) is 18.7 Å². The average molecular weight is 317 g/mol. The van der Waals surface area contributed by atoms with Gasteiger partial charge in [-0.2, -0.15) is 5.10 Å². The lowest BCUT2D eigenvalue weighted by molar-refractivity contribution is -0.122. The number of nitrogens with one attached hydrogen (secondary N) is 2. The number of aromatic amines is 1. The molecule has 1 heterocycles. The van der Waals surface area contributed by atoms with E-state index in [1.165, 1.54) is 20.0 Å². The number of fused-ring (bicyclic) bond motifs is 1. The minimum absolute atomic E-state index is 0.0396. The van der Waals surface area contributed by atoms with Gasteiger partial charge in [-0.3, -0.25) is 9.89 Å². The normalized spacial score (nSPS) is 15.0. The number of aromatic nitrogens is 2. The van der Waals surface area contributed by atoms with Crippen molar-refractivity contribution in [1.29, 1.82) is 0 Å². The predicted molar refractivity (Wildman–Crippen MR) is 84.3 cm³/mol. The Hall–Kier alpha value is -2.41. The average Bonchev–Trinajstić information content (AvgIpc) is 3.21. The molecule has 0 aliphatic heterocycles. The van der Waals surface area contributed by atoms with Crippen molar-refractivity contribution in [2.75, 3.05) is 19.0 Å². The number of amides is 1. The Bertz CT molecular complexity index is 719. The van der Waals surface area contributed by atoms with E-state index in [1.54, 1.807) is 18.2 Å². The lowest BCUT2D eigenvalue weighted by atomic mass is 10.2. The van der Waals surface area contributed by atoms with Crippen LogP contribution in [0, 0.1) is 0 Å². The first kappa shape index (κ1) is 15.5. The molecule has 3 rings (SSSR count). The highest BCUT2D eigenvalue weighted by molar-refractivity contribution is 6.03. The Balaban J connectivity index is 1.67. The van der Waals surface area contributed by atoms with Crippen LogP contribution in [-0.2, 0) is 14.3 Å². The van der Waals surface area contributed by atoms with Gasteiger partial charge in [0.1, 0.15) is 6.61 Å². The van der Waals surface area contributed by atoms with Crippen LogP contribution in [0.15, 0.2) is 18.2 Å². The molecule has 7 nitrogen and oxygen atoms in total. The summed E-state index contributed by atoms with van der Waals surface area (Å²) in [5.74, 6) is -0.733. The van der Waals surface area contributed by atoms with Crippen LogP contribution in [0.2, 0.25) is 0 Å². The zero-order valence-corrected chi connectivity index (χ0v) is 12.9. The van der Waals surface area contributed by atoms with Crippen LogP contribution in [0.25, 0.3) is 10.9 Å². The van der Waals surface area contributed by atoms with Gasteiger partial charge < -0.3 is 14.8 Å². The second kappa shape index (κ2) is 6.78. The molecule has 1 aromatic heterocycles. The van der Waals surface area contributed by atoms with Crippen molar-refractivity contribution in [3.05, 3.63) is 23.9 Å². The van der Waals surface area contributed by atoms with E-state index in [-0.39, 0.29) is 24.3 Å². The van der Waals surface area contributed by atoms with Crippen LogP contribution in [0.1, 0.15) is 36.2 Å². The molecule has 2 aromatic rings. The number of rotatable bonds is 5. The minimum Gasteiger partial charge on any atom is -0.464 e. The third kappa shape index (κ3) is 3.50. The maximum atomic E-state index is 12.0. The van der Waals surface area contributed by atoms with Gasteiger partial charge in [-0.05, 0) is 31.0 Å². The van der Waals surface area contributed by atoms with Crippen molar-refractivity contribution < 1.29 is 19.1 Å². The minimum atomic E-state index is -0.524. The van der Waals surface area contributed by atoms with Crippen molar-refractivity contribution in [2.24, 2.45) is 0 Å². The van der Waals surface area contributed by atoms with E-state index in [1.807, 2.05) is 0 Å². The van der Waals surface area contributed by atoms with E-state index in [2.05, 4.69) is 15.5 Å². The molecule has 1 amide bonds. The molecule has 0 radical (unpaired) electrons. The van der Waals surface area contributed by atoms with Crippen LogP contribution in [0.3, 0.4) is 0 Å². The predicted octanol–water partition coefficient (Wildman–Crippen LogP) is 2.25. The summed E-state index contributed by atoms with van der Waals surface area (Å²) in [5, 5.41) is 10.1. The maximum absolute atomic E-state index is 12.0. The fraction of sp³-hybridized carbons (Fsp3) is 0.438. The molecular weight excluding hydrogens is 298 g/mol. The number of hydrogen-bond donors (Lipinski definition) is 2. The van der Waals surface area contributed by atoms with Gasteiger partial charge in [-0.1, -0.05) is 12.8 Å². The first-order chi connectivity index (χ1) is 11.2. The Morgan fingerprint density at radius 1 is 1.35 bits per heavy atom. The van der Waals surface area contributed by atoms with E-state index in [0.29, 0.717) is 16.6 Å². The van der Waals surface area contributed by atoms with E-state index in [0.717, 1.165) is 12.8 Å². The van der Waals surface area contributed by atoms with Gasteiger partial charge in [-0.25, -0.2) is 4.79 Å². The molecule has 0 saturated heterocycles. The van der Waals surface area contributed by atoms with E-state index in [9.17, 15) is 9.59 Å². The molecule has 7 heteroatoms. The fourth-order valence-electron chi connectivity index (χ4n) is 2.79.